The van der Waals surface area contributed by atoms with Crippen LogP contribution in [0.4, 0.5) is 13.2 Å². The van der Waals surface area contributed by atoms with Crippen molar-refractivity contribution < 1.29 is 104 Å². The van der Waals surface area contributed by atoms with E-state index in [0.717, 1.165) is 99.9 Å². The molecule has 7 amide bonds. The van der Waals surface area contributed by atoms with Crippen LogP contribution in [0, 0.1) is 11.3 Å². The van der Waals surface area contributed by atoms with Crippen LogP contribution >= 0.6 is 0 Å². The first kappa shape index (κ1) is 104. The number of carbonyl (C=O) groups excluding carboxylic acids is 15. The average molecular weight is 2010 g/mol. The fourth-order valence-corrected chi connectivity index (χ4v) is 22.5. The maximum Gasteiger partial charge on any atom is 0.391 e. The standard InChI is InChI=1S/C32H39N3O4.C29H32N2O5.C28H27F3N2O5.C27H28N2O5/c36-26-11-12-29(30(37)19-26)35-21-28-27(32(35)38)5-4-6-31(28)39-22-24-9-7-23(8-10-24)20-33-17-13-25(14-18-33)34-15-2-1-3-16-34;1-29(2)12-14-30(15-13-29)17-19-6-8-20(9-7-19)18-36-25-5-3-4-22-26(25)28(35)31(27(22)34)23-11-10-21(32)16-24(23)33;29-28(30,31)19-10-12-32(13-11-19)15-17-4-6-18(7-5-17)16-38-24-3-1-2-21-25(24)27(37)33(26(21)36)22-9-8-20(34)14-23(22)35;30-20-11-12-22(23(31)15-20)29-26(32)21-5-4-6-24(25(21)27(29)33)34-17-19-9-7-18(8-10-19)16-28-13-2-1-3-14-28/h4-10,25,29H,1-3,11-22H2;3-9,23H,10-18H2,1-2H3;1-7,19,22H,8-16H2;4-10,22H,1-3,11-17H2. The Bertz CT molecular complexity index is 6350. The van der Waals surface area contributed by atoms with E-state index >= 15 is 0 Å². The first-order chi connectivity index (χ1) is 70.9. The second kappa shape index (κ2) is 46.1. The molecule has 4 atom stereocenters. The molecule has 0 radical (unpaired) electrons. The molecule has 770 valence electrons. The molecule has 4 saturated carbocycles. The summed E-state index contributed by atoms with van der Waals surface area (Å²) in [4.78, 5) is 205. The number of hydrogen-bond donors (Lipinski definition) is 0. The van der Waals surface area contributed by atoms with Crippen molar-refractivity contribution in [1.82, 2.24) is 44.1 Å². The van der Waals surface area contributed by atoms with Crippen molar-refractivity contribution in [2.24, 2.45) is 11.3 Å². The van der Waals surface area contributed by atoms with Crippen molar-refractivity contribution in [2.45, 2.75) is 263 Å². The summed E-state index contributed by atoms with van der Waals surface area (Å²) >= 11 is 0. The van der Waals surface area contributed by atoms with E-state index in [2.05, 4.69) is 82.0 Å². The Hall–Kier alpha value is -13.2. The van der Waals surface area contributed by atoms with Crippen LogP contribution in [0.5, 0.6) is 23.0 Å². The lowest BCUT2D eigenvalue weighted by molar-refractivity contribution is -0.185. The normalized spacial score (nSPS) is 22.0. The molecule has 28 nitrogen and oxygen atoms in total. The van der Waals surface area contributed by atoms with Crippen LogP contribution in [-0.4, -0.2) is 234 Å². The molecule has 8 aromatic carbocycles. The van der Waals surface area contributed by atoms with Crippen LogP contribution in [0.2, 0.25) is 0 Å². The van der Waals surface area contributed by atoms with E-state index in [1.54, 1.807) is 59.5 Å². The van der Waals surface area contributed by atoms with Gasteiger partial charge in [-0.25, -0.2) is 0 Å². The highest BCUT2D eigenvalue weighted by Gasteiger charge is 2.51. The lowest BCUT2D eigenvalue weighted by Crippen LogP contribution is -2.47. The summed E-state index contributed by atoms with van der Waals surface area (Å²) < 4.78 is 62.7. The molecule has 9 heterocycles. The van der Waals surface area contributed by atoms with E-state index in [4.69, 9.17) is 18.9 Å². The summed E-state index contributed by atoms with van der Waals surface area (Å²) in [5.41, 5.74) is 11.7. The van der Waals surface area contributed by atoms with Crippen molar-refractivity contribution in [1.29, 1.82) is 0 Å². The number of halogens is 3. The highest BCUT2D eigenvalue weighted by Crippen LogP contribution is 2.43. The fraction of sp³-hybridized carbons (Fsp3) is 0.457. The van der Waals surface area contributed by atoms with Gasteiger partial charge in [-0.1, -0.05) is 148 Å². The van der Waals surface area contributed by atoms with Crippen LogP contribution < -0.4 is 18.9 Å². The van der Waals surface area contributed by atoms with Gasteiger partial charge in [-0.15, -0.1) is 0 Å². The van der Waals surface area contributed by atoms with Gasteiger partial charge in [-0.3, -0.25) is 106 Å². The number of ketones is 8. The molecule has 8 aromatic rings. The first-order valence-electron chi connectivity index (χ1n) is 52.1. The van der Waals surface area contributed by atoms with Crippen LogP contribution in [0.1, 0.15) is 291 Å². The molecule has 0 bridgehead atoms. The molecule has 0 N–H and O–H groups in total. The molecule has 4 unspecified atom stereocenters. The minimum atomic E-state index is -4.13. The largest absolute Gasteiger partial charge is 0.489 e. The van der Waals surface area contributed by atoms with Crippen LogP contribution in [0.3, 0.4) is 0 Å². The second-order valence-corrected chi connectivity index (χ2v) is 42.0. The number of carbonyl (C=O) groups is 15. The predicted octanol–water partition coefficient (Wildman–Crippen LogP) is 16.4. The monoisotopic (exact) mass is 2010 g/mol. The fourth-order valence-electron chi connectivity index (χ4n) is 22.5. The number of nitrogens with zero attached hydrogens (tertiary/aromatic N) is 9. The molecule has 13 aliphatic rings. The molecular formula is C116H126F3N9O19. The zero-order chi connectivity index (χ0) is 103. The predicted molar refractivity (Wildman–Crippen MR) is 536 cm³/mol. The number of amides is 7. The molecule has 4 aliphatic carbocycles. The lowest BCUT2D eigenvalue weighted by atomic mass is 9.82. The molecular weight excluding hydrogens is 1880 g/mol. The lowest BCUT2D eigenvalue weighted by Gasteiger charge is -2.40. The SMILES string of the molecule is CC1(C)CCN(Cc2ccc(COc3cccc4c3C(=O)N(C3CCC(=O)CC3=O)C4=O)cc2)CC1.O=C1CCC(N2C(=O)c3cccc(OCc4ccc(CN5CCC(C(F)(F)F)CC5)cc4)c3C2=O)C(=O)C1.O=C1CCC(N2C(=O)c3cccc(OCc4ccc(CN5CCCCC5)cc4)c3C2=O)C(=O)C1.O=C1CCC(N2Cc3c(OCc4ccc(CN5CCC(N6CCCCC6)CC5)cc4)cccc3C2=O)C(=O)C1. The number of hydrogen-bond acceptors (Lipinski definition) is 24. The Labute approximate surface area is 853 Å². The minimum absolute atomic E-state index is 0.0344. The van der Waals surface area contributed by atoms with Crippen molar-refractivity contribution in [3.63, 3.8) is 0 Å². The van der Waals surface area contributed by atoms with E-state index in [-0.39, 0.29) is 182 Å². The molecule has 31 heteroatoms. The Morgan fingerprint density at radius 1 is 0.299 bits per heavy atom. The smallest absolute Gasteiger partial charge is 0.391 e. The van der Waals surface area contributed by atoms with E-state index in [1.165, 1.54) is 113 Å². The number of fused-ring (bicyclic) bond motifs is 4. The number of likely N-dealkylation sites (tertiary alicyclic amines) is 5. The molecule has 9 fully saturated rings. The van der Waals surface area contributed by atoms with Gasteiger partial charge in [0, 0.05) is 69.0 Å². The van der Waals surface area contributed by atoms with Gasteiger partial charge in [0.2, 0.25) is 0 Å². The van der Waals surface area contributed by atoms with Crippen LogP contribution in [-0.2, 0) is 97.5 Å². The summed E-state index contributed by atoms with van der Waals surface area (Å²) in [6.07, 6.45) is 10.1. The van der Waals surface area contributed by atoms with E-state index in [9.17, 15) is 85.1 Å². The van der Waals surface area contributed by atoms with Crippen molar-refractivity contribution in [3.8, 4) is 23.0 Å². The number of benzene rings is 8. The summed E-state index contributed by atoms with van der Waals surface area (Å²) in [7, 11) is 0. The summed E-state index contributed by atoms with van der Waals surface area (Å²) in [6.45, 7) is 19.8. The number of imide groups is 3. The molecule has 5 saturated heterocycles. The first-order valence-corrected chi connectivity index (χ1v) is 52.1. The van der Waals surface area contributed by atoms with E-state index in [1.807, 2.05) is 65.6 Å². The zero-order valence-electron chi connectivity index (χ0n) is 83.5. The number of rotatable bonds is 25. The Morgan fingerprint density at radius 2 is 0.592 bits per heavy atom. The Kier molecular flexibility index (Phi) is 32.5. The quantitative estimate of drug-likeness (QED) is 0.0379. The maximum absolute atomic E-state index is 13.2. The third-order valence-electron chi connectivity index (χ3n) is 31.2. The number of alkyl halides is 3. The van der Waals surface area contributed by atoms with Crippen LogP contribution in [0.15, 0.2) is 170 Å². The van der Waals surface area contributed by atoms with Crippen molar-refractivity contribution >= 4 is 87.6 Å². The Balaban J connectivity index is 0.000000129. The molecule has 9 aliphatic heterocycles. The number of piperidine rings is 5. The summed E-state index contributed by atoms with van der Waals surface area (Å²) in [5.74, 6) is -4.87. The summed E-state index contributed by atoms with van der Waals surface area (Å²) in [5, 5.41) is 0. The zero-order valence-corrected chi connectivity index (χ0v) is 83.5. The second-order valence-electron chi connectivity index (χ2n) is 42.0. The molecule has 21 rings (SSSR count). The van der Waals surface area contributed by atoms with E-state index < -0.39 is 77.5 Å². The average Bonchev–Trinajstić information content (AvgIpc) is 1.60. The highest BCUT2D eigenvalue weighted by atomic mass is 19.4. The van der Waals surface area contributed by atoms with Gasteiger partial charge in [0.1, 0.15) is 72.6 Å². The van der Waals surface area contributed by atoms with Gasteiger partial charge in [0.05, 0.1) is 95.7 Å². The van der Waals surface area contributed by atoms with Gasteiger partial charge >= 0.3 is 6.18 Å². The van der Waals surface area contributed by atoms with Gasteiger partial charge in [0.15, 0.2) is 23.1 Å². The third kappa shape index (κ3) is 24.5. The van der Waals surface area contributed by atoms with Gasteiger partial charge in [-0.2, -0.15) is 13.2 Å². The topological polar surface area (TPSA) is 322 Å². The highest BCUT2D eigenvalue weighted by molar-refractivity contribution is 6.27. The third-order valence-corrected chi connectivity index (χ3v) is 31.2. The van der Waals surface area contributed by atoms with Gasteiger partial charge in [-0.05, 0) is 254 Å². The number of Topliss-reactive ketones (excluding diaryl/α,β-unsaturated/α-hetero) is 8. The summed E-state index contributed by atoms with van der Waals surface area (Å²) in [6, 6.07) is 50.4. The van der Waals surface area contributed by atoms with Gasteiger partial charge in [0.25, 0.3) is 41.4 Å². The van der Waals surface area contributed by atoms with Gasteiger partial charge < -0.3 is 28.7 Å². The molecule has 147 heavy (non-hydrogen) atoms. The van der Waals surface area contributed by atoms with Crippen LogP contribution in [0.25, 0.3) is 0 Å². The maximum atomic E-state index is 13.2. The number of ether oxygens (including phenoxy) is 4. The van der Waals surface area contributed by atoms with E-state index in [0.29, 0.717) is 73.9 Å². The molecule has 0 aromatic heterocycles. The molecule has 0 spiro atoms. The Morgan fingerprint density at radius 3 is 0.932 bits per heavy atom. The van der Waals surface area contributed by atoms with Crippen molar-refractivity contribution in [2.75, 3.05) is 65.4 Å². The van der Waals surface area contributed by atoms with Crippen molar-refractivity contribution in [3.05, 3.63) is 259 Å². The minimum Gasteiger partial charge on any atom is -0.489 e.